The summed E-state index contributed by atoms with van der Waals surface area (Å²) in [4.78, 5) is 0. The molecule has 17 heavy (non-hydrogen) atoms. The fourth-order valence-corrected chi connectivity index (χ4v) is 2.39. The molecule has 1 N–H and O–H groups in total. The van der Waals surface area contributed by atoms with Crippen molar-refractivity contribution in [2.24, 2.45) is 0 Å². The maximum absolute atomic E-state index is 12.8. The quantitative estimate of drug-likeness (QED) is 0.907. The van der Waals surface area contributed by atoms with Gasteiger partial charge in [0.05, 0.1) is 6.04 Å². The molecule has 2 aromatic rings. The van der Waals surface area contributed by atoms with Crippen LogP contribution in [0.25, 0.3) is 10.6 Å². The van der Waals surface area contributed by atoms with E-state index >= 15 is 0 Å². The zero-order valence-corrected chi connectivity index (χ0v) is 10.6. The third kappa shape index (κ3) is 2.87. The Labute approximate surface area is 104 Å². The molecule has 0 aliphatic rings. The molecule has 1 unspecified atom stereocenters. The first-order valence-electron chi connectivity index (χ1n) is 5.53. The maximum Gasteiger partial charge on any atom is 0.147 e. The van der Waals surface area contributed by atoms with E-state index in [1.807, 2.05) is 0 Å². The first kappa shape index (κ1) is 12.1. The van der Waals surface area contributed by atoms with Crippen molar-refractivity contribution in [2.45, 2.75) is 19.9 Å². The molecule has 5 heteroatoms. The van der Waals surface area contributed by atoms with Crippen molar-refractivity contribution in [3.05, 3.63) is 35.1 Å². The highest BCUT2D eigenvalue weighted by molar-refractivity contribution is 7.14. The third-order valence-corrected chi connectivity index (χ3v) is 3.57. The van der Waals surface area contributed by atoms with Crippen molar-refractivity contribution in [2.75, 3.05) is 6.54 Å². The summed E-state index contributed by atoms with van der Waals surface area (Å²) in [5.74, 6) is -0.237. The maximum atomic E-state index is 12.8. The van der Waals surface area contributed by atoms with Gasteiger partial charge in [-0.1, -0.05) is 18.3 Å². The molecular weight excluding hydrogens is 237 g/mol. The van der Waals surface area contributed by atoms with E-state index in [1.54, 1.807) is 12.1 Å². The summed E-state index contributed by atoms with van der Waals surface area (Å²) in [6, 6.07) is 6.51. The molecule has 0 saturated carbocycles. The highest BCUT2D eigenvalue weighted by atomic mass is 32.1. The molecule has 0 saturated heterocycles. The second-order valence-electron chi connectivity index (χ2n) is 3.73. The van der Waals surface area contributed by atoms with Crippen LogP contribution in [0.15, 0.2) is 24.3 Å². The van der Waals surface area contributed by atoms with Gasteiger partial charge in [0.15, 0.2) is 0 Å². The smallest absolute Gasteiger partial charge is 0.147 e. The standard InChI is InChI=1S/C12H14FN3S/c1-3-14-8(2)11-15-16-12(17-11)9-4-6-10(13)7-5-9/h4-8,14H,3H2,1-2H3. The molecule has 0 spiro atoms. The summed E-state index contributed by atoms with van der Waals surface area (Å²) < 4.78 is 12.8. The van der Waals surface area contributed by atoms with Crippen molar-refractivity contribution in [3.8, 4) is 10.6 Å². The summed E-state index contributed by atoms with van der Waals surface area (Å²) in [5.41, 5.74) is 0.902. The molecule has 0 radical (unpaired) electrons. The number of nitrogens with zero attached hydrogens (tertiary/aromatic N) is 2. The minimum absolute atomic E-state index is 0.201. The summed E-state index contributed by atoms with van der Waals surface area (Å²) in [6.07, 6.45) is 0. The van der Waals surface area contributed by atoms with Crippen LogP contribution in [0.2, 0.25) is 0 Å². The fraction of sp³-hybridized carbons (Fsp3) is 0.333. The van der Waals surface area contributed by atoms with E-state index in [9.17, 15) is 4.39 Å². The number of benzene rings is 1. The predicted molar refractivity (Wildman–Crippen MR) is 67.4 cm³/mol. The van der Waals surface area contributed by atoms with Crippen molar-refractivity contribution in [1.82, 2.24) is 15.5 Å². The summed E-state index contributed by atoms with van der Waals surface area (Å²) >= 11 is 1.53. The molecule has 0 aliphatic heterocycles. The highest BCUT2D eigenvalue weighted by Crippen LogP contribution is 2.26. The van der Waals surface area contributed by atoms with E-state index in [1.165, 1.54) is 23.5 Å². The molecule has 1 heterocycles. The van der Waals surface area contributed by atoms with E-state index in [2.05, 4.69) is 29.4 Å². The average molecular weight is 251 g/mol. The van der Waals surface area contributed by atoms with Gasteiger partial charge in [0.1, 0.15) is 15.8 Å². The normalized spacial score (nSPS) is 12.6. The van der Waals surface area contributed by atoms with Crippen LogP contribution in [0, 0.1) is 5.82 Å². The van der Waals surface area contributed by atoms with Gasteiger partial charge in [-0.15, -0.1) is 10.2 Å². The highest BCUT2D eigenvalue weighted by Gasteiger charge is 2.11. The second-order valence-corrected chi connectivity index (χ2v) is 4.74. The Morgan fingerprint density at radius 2 is 2.00 bits per heavy atom. The van der Waals surface area contributed by atoms with E-state index in [0.29, 0.717) is 0 Å². The van der Waals surface area contributed by atoms with Gasteiger partial charge in [0.2, 0.25) is 0 Å². The summed E-state index contributed by atoms with van der Waals surface area (Å²) in [5, 5.41) is 13.3. The summed E-state index contributed by atoms with van der Waals surface area (Å²) in [6.45, 7) is 5.00. The number of rotatable bonds is 4. The molecule has 0 bridgehead atoms. The van der Waals surface area contributed by atoms with Crippen LogP contribution in [-0.4, -0.2) is 16.7 Å². The monoisotopic (exact) mass is 251 g/mol. The molecule has 3 nitrogen and oxygen atoms in total. The minimum Gasteiger partial charge on any atom is -0.308 e. The Hall–Kier alpha value is -1.33. The van der Waals surface area contributed by atoms with Crippen LogP contribution in [0.4, 0.5) is 4.39 Å². The lowest BCUT2D eigenvalue weighted by molar-refractivity contribution is 0.590. The lowest BCUT2D eigenvalue weighted by Gasteiger charge is -2.06. The lowest BCUT2D eigenvalue weighted by atomic mass is 10.2. The molecule has 0 amide bonds. The van der Waals surface area contributed by atoms with Gasteiger partial charge in [-0.3, -0.25) is 0 Å². The molecule has 0 aliphatic carbocycles. The zero-order valence-electron chi connectivity index (χ0n) is 9.77. The largest absolute Gasteiger partial charge is 0.308 e. The Bertz CT molecular complexity index is 481. The number of nitrogens with one attached hydrogen (secondary N) is 1. The van der Waals surface area contributed by atoms with Crippen molar-refractivity contribution >= 4 is 11.3 Å². The van der Waals surface area contributed by atoms with E-state index < -0.39 is 0 Å². The van der Waals surface area contributed by atoms with E-state index in [-0.39, 0.29) is 11.9 Å². The fourth-order valence-electron chi connectivity index (χ4n) is 1.51. The molecule has 2 rings (SSSR count). The second kappa shape index (κ2) is 5.33. The Balaban J connectivity index is 2.20. The molecule has 1 aromatic heterocycles. The average Bonchev–Trinajstić information content (AvgIpc) is 2.80. The minimum atomic E-state index is -0.237. The van der Waals surface area contributed by atoms with Crippen LogP contribution >= 0.6 is 11.3 Å². The van der Waals surface area contributed by atoms with Crippen molar-refractivity contribution < 1.29 is 4.39 Å². The molecule has 1 atom stereocenters. The lowest BCUT2D eigenvalue weighted by Crippen LogP contribution is -2.17. The van der Waals surface area contributed by atoms with Gasteiger partial charge < -0.3 is 5.32 Å². The number of hydrogen-bond acceptors (Lipinski definition) is 4. The van der Waals surface area contributed by atoms with Crippen LogP contribution < -0.4 is 5.32 Å². The van der Waals surface area contributed by atoms with Gasteiger partial charge in [-0.2, -0.15) is 0 Å². The van der Waals surface area contributed by atoms with Gasteiger partial charge in [-0.25, -0.2) is 4.39 Å². The van der Waals surface area contributed by atoms with E-state index in [4.69, 9.17) is 0 Å². The third-order valence-electron chi connectivity index (χ3n) is 2.41. The number of hydrogen-bond donors (Lipinski definition) is 1. The van der Waals surface area contributed by atoms with E-state index in [0.717, 1.165) is 22.1 Å². The number of halogens is 1. The Morgan fingerprint density at radius 3 is 2.65 bits per heavy atom. The van der Waals surface area contributed by atoms with Crippen LogP contribution in [0.1, 0.15) is 24.9 Å². The molecule has 0 fully saturated rings. The summed E-state index contributed by atoms with van der Waals surface area (Å²) in [7, 11) is 0. The van der Waals surface area contributed by atoms with Gasteiger partial charge in [0.25, 0.3) is 0 Å². The molecule has 1 aromatic carbocycles. The van der Waals surface area contributed by atoms with Crippen molar-refractivity contribution in [1.29, 1.82) is 0 Å². The van der Waals surface area contributed by atoms with Gasteiger partial charge in [-0.05, 0) is 37.7 Å². The molecular formula is C12H14FN3S. The Morgan fingerprint density at radius 1 is 1.29 bits per heavy atom. The van der Waals surface area contributed by atoms with Crippen molar-refractivity contribution in [3.63, 3.8) is 0 Å². The van der Waals surface area contributed by atoms with Crippen LogP contribution in [0.3, 0.4) is 0 Å². The Kier molecular flexibility index (Phi) is 3.81. The molecule has 90 valence electrons. The van der Waals surface area contributed by atoms with Crippen LogP contribution in [0.5, 0.6) is 0 Å². The SMILES string of the molecule is CCNC(C)c1nnc(-c2ccc(F)cc2)s1. The topological polar surface area (TPSA) is 37.8 Å². The number of aromatic nitrogens is 2. The zero-order chi connectivity index (χ0) is 12.3. The predicted octanol–water partition coefficient (Wildman–Crippen LogP) is 3.01. The van der Waals surface area contributed by atoms with Gasteiger partial charge >= 0.3 is 0 Å². The van der Waals surface area contributed by atoms with Crippen LogP contribution in [-0.2, 0) is 0 Å². The van der Waals surface area contributed by atoms with Gasteiger partial charge in [0, 0.05) is 5.56 Å². The first-order chi connectivity index (χ1) is 8.20. The first-order valence-corrected chi connectivity index (χ1v) is 6.35.